The number of thiocarbonyl (C=S) groups is 1. The average Bonchev–Trinajstić information content (AvgIpc) is 2.72. The van der Waals surface area contributed by atoms with Crippen molar-refractivity contribution in [1.29, 1.82) is 0 Å². The number of benzene rings is 1. The minimum absolute atomic E-state index is 0.0487. The van der Waals surface area contributed by atoms with Gasteiger partial charge in [0.2, 0.25) is 0 Å². The molecule has 1 fully saturated rings. The highest BCUT2D eigenvalue weighted by atomic mass is 32.1. The number of fused-ring (bicyclic) bond motifs is 1. The number of nitrogens with zero attached hydrogens (tertiary/aromatic N) is 2. The van der Waals surface area contributed by atoms with Crippen LogP contribution in [0.15, 0.2) is 29.1 Å². The molecule has 0 saturated carbocycles. The van der Waals surface area contributed by atoms with Crippen molar-refractivity contribution in [3.8, 4) is 0 Å². The third-order valence-electron chi connectivity index (χ3n) is 5.16. The van der Waals surface area contributed by atoms with Gasteiger partial charge < -0.3 is 19.9 Å². The fourth-order valence-corrected chi connectivity index (χ4v) is 3.75. The lowest BCUT2D eigenvalue weighted by molar-refractivity contribution is 0.0357. The first-order chi connectivity index (χ1) is 13.6. The van der Waals surface area contributed by atoms with Crippen molar-refractivity contribution in [3.05, 3.63) is 45.7 Å². The van der Waals surface area contributed by atoms with Gasteiger partial charge in [0, 0.05) is 43.8 Å². The quantitative estimate of drug-likeness (QED) is 0.692. The number of hydrogen-bond acceptors (Lipinski definition) is 4. The standard InChI is InChI=1S/C21H30N4O2S/c1-3-16-5-6-19-17(13-16)14-18(20(26)23-19)15-25(21(28)22-4-2)8-7-24-9-11-27-12-10-24/h5-6,13-14H,3-4,7-12,15H2,1-2H3,(H,22,28)(H,23,26). The van der Waals surface area contributed by atoms with E-state index in [0.29, 0.717) is 11.7 Å². The number of rotatable bonds is 7. The normalized spacial score (nSPS) is 14.9. The van der Waals surface area contributed by atoms with Crippen LogP contribution >= 0.6 is 12.2 Å². The van der Waals surface area contributed by atoms with Crippen LogP contribution in [0.25, 0.3) is 10.9 Å². The molecule has 1 saturated heterocycles. The van der Waals surface area contributed by atoms with Crippen LogP contribution in [-0.4, -0.2) is 65.8 Å². The van der Waals surface area contributed by atoms with Gasteiger partial charge in [-0.1, -0.05) is 13.0 Å². The second-order valence-electron chi connectivity index (χ2n) is 7.11. The van der Waals surface area contributed by atoms with Crippen LogP contribution in [0.5, 0.6) is 0 Å². The molecule has 28 heavy (non-hydrogen) atoms. The first-order valence-electron chi connectivity index (χ1n) is 10.1. The van der Waals surface area contributed by atoms with E-state index in [2.05, 4.69) is 39.2 Å². The number of ether oxygens (including phenoxy) is 1. The van der Waals surface area contributed by atoms with E-state index in [1.807, 2.05) is 19.1 Å². The maximum Gasteiger partial charge on any atom is 0.253 e. The van der Waals surface area contributed by atoms with Crippen LogP contribution in [0.1, 0.15) is 25.0 Å². The van der Waals surface area contributed by atoms with E-state index in [-0.39, 0.29) is 5.56 Å². The summed E-state index contributed by atoms with van der Waals surface area (Å²) in [4.78, 5) is 20.1. The zero-order chi connectivity index (χ0) is 19.9. The molecule has 1 aliphatic rings. The highest BCUT2D eigenvalue weighted by molar-refractivity contribution is 7.80. The van der Waals surface area contributed by atoms with Gasteiger partial charge >= 0.3 is 0 Å². The Morgan fingerprint density at radius 2 is 2.07 bits per heavy atom. The van der Waals surface area contributed by atoms with Gasteiger partial charge in [-0.25, -0.2) is 0 Å². The number of H-pyrrole nitrogens is 1. The Bertz CT molecular complexity index is 861. The number of nitrogens with one attached hydrogen (secondary N) is 2. The van der Waals surface area contributed by atoms with E-state index in [1.54, 1.807) is 0 Å². The minimum Gasteiger partial charge on any atom is -0.379 e. The summed E-state index contributed by atoms with van der Waals surface area (Å²) >= 11 is 5.58. The van der Waals surface area contributed by atoms with E-state index in [9.17, 15) is 4.79 Å². The Balaban J connectivity index is 1.79. The highest BCUT2D eigenvalue weighted by Crippen LogP contribution is 2.15. The molecule has 152 valence electrons. The number of pyridine rings is 1. The third kappa shape index (κ3) is 5.31. The smallest absolute Gasteiger partial charge is 0.253 e. The predicted octanol–water partition coefficient (Wildman–Crippen LogP) is 2.12. The second-order valence-corrected chi connectivity index (χ2v) is 7.50. The molecular formula is C21H30N4O2S. The molecular weight excluding hydrogens is 372 g/mol. The Hall–Kier alpha value is -1.96. The summed E-state index contributed by atoms with van der Waals surface area (Å²) in [5.74, 6) is 0. The van der Waals surface area contributed by atoms with Crippen molar-refractivity contribution in [2.45, 2.75) is 26.8 Å². The molecule has 0 bridgehead atoms. The van der Waals surface area contributed by atoms with E-state index < -0.39 is 0 Å². The van der Waals surface area contributed by atoms with E-state index in [1.165, 1.54) is 5.56 Å². The lowest BCUT2D eigenvalue weighted by atomic mass is 10.1. The Morgan fingerprint density at radius 3 is 2.79 bits per heavy atom. The SMILES string of the molecule is CCNC(=S)N(CCN1CCOCC1)Cc1cc2cc(CC)ccc2[nH]c1=O. The molecule has 0 amide bonds. The molecule has 2 heterocycles. The average molecular weight is 403 g/mol. The van der Waals surface area contributed by atoms with Gasteiger partial charge in [0.1, 0.15) is 0 Å². The van der Waals surface area contributed by atoms with Crippen LogP contribution < -0.4 is 10.9 Å². The molecule has 1 aliphatic heterocycles. The summed E-state index contributed by atoms with van der Waals surface area (Å²) in [6, 6.07) is 8.20. The van der Waals surface area contributed by atoms with Gasteiger partial charge in [-0.15, -0.1) is 0 Å². The molecule has 0 aliphatic carbocycles. The maximum atomic E-state index is 12.6. The van der Waals surface area contributed by atoms with Crippen molar-refractivity contribution >= 4 is 28.2 Å². The van der Waals surface area contributed by atoms with Gasteiger partial charge in [-0.05, 0) is 54.7 Å². The molecule has 2 aromatic rings. The minimum atomic E-state index is -0.0487. The summed E-state index contributed by atoms with van der Waals surface area (Å²) in [6.45, 7) is 10.6. The zero-order valence-corrected chi connectivity index (χ0v) is 17.6. The van der Waals surface area contributed by atoms with E-state index >= 15 is 0 Å². The van der Waals surface area contributed by atoms with Crippen molar-refractivity contribution in [1.82, 2.24) is 20.1 Å². The fourth-order valence-electron chi connectivity index (χ4n) is 3.45. The summed E-state index contributed by atoms with van der Waals surface area (Å²) in [6.07, 6.45) is 0.973. The number of aromatic amines is 1. The van der Waals surface area contributed by atoms with Crippen LogP contribution in [0, 0.1) is 0 Å². The number of aromatic nitrogens is 1. The number of morpholine rings is 1. The Labute approximate surface area is 171 Å². The lowest BCUT2D eigenvalue weighted by Gasteiger charge is -2.31. The molecule has 0 unspecified atom stereocenters. The molecule has 1 aromatic carbocycles. The number of hydrogen-bond donors (Lipinski definition) is 2. The molecule has 0 spiro atoms. The molecule has 7 heteroatoms. The van der Waals surface area contributed by atoms with Crippen molar-refractivity contribution < 1.29 is 4.74 Å². The van der Waals surface area contributed by atoms with E-state index in [0.717, 1.165) is 68.8 Å². The Morgan fingerprint density at radius 1 is 1.29 bits per heavy atom. The summed E-state index contributed by atoms with van der Waals surface area (Å²) in [5, 5.41) is 4.99. The van der Waals surface area contributed by atoms with Crippen LogP contribution in [0.3, 0.4) is 0 Å². The fraction of sp³-hybridized carbons (Fsp3) is 0.524. The number of aryl methyl sites for hydroxylation is 1. The van der Waals surface area contributed by atoms with Gasteiger partial charge in [-0.2, -0.15) is 0 Å². The van der Waals surface area contributed by atoms with E-state index in [4.69, 9.17) is 17.0 Å². The first-order valence-corrected chi connectivity index (χ1v) is 10.5. The van der Waals surface area contributed by atoms with Gasteiger partial charge in [0.25, 0.3) is 5.56 Å². The molecule has 0 atom stereocenters. The monoisotopic (exact) mass is 402 g/mol. The van der Waals surface area contributed by atoms with Crippen molar-refractivity contribution in [2.75, 3.05) is 45.9 Å². The maximum absolute atomic E-state index is 12.6. The predicted molar refractivity (Wildman–Crippen MR) is 118 cm³/mol. The first kappa shape index (κ1) is 20.8. The van der Waals surface area contributed by atoms with Crippen molar-refractivity contribution in [3.63, 3.8) is 0 Å². The molecule has 1 aromatic heterocycles. The zero-order valence-electron chi connectivity index (χ0n) is 16.8. The topological polar surface area (TPSA) is 60.6 Å². The van der Waals surface area contributed by atoms with Crippen LogP contribution in [-0.2, 0) is 17.7 Å². The summed E-state index contributed by atoms with van der Waals surface area (Å²) in [7, 11) is 0. The Kier molecular flexibility index (Phi) is 7.42. The largest absolute Gasteiger partial charge is 0.379 e. The van der Waals surface area contributed by atoms with Gasteiger partial charge in [-0.3, -0.25) is 9.69 Å². The highest BCUT2D eigenvalue weighted by Gasteiger charge is 2.16. The lowest BCUT2D eigenvalue weighted by Crippen LogP contribution is -2.46. The van der Waals surface area contributed by atoms with Crippen molar-refractivity contribution in [2.24, 2.45) is 0 Å². The summed E-state index contributed by atoms with van der Waals surface area (Å²) < 4.78 is 5.42. The van der Waals surface area contributed by atoms with Crippen LogP contribution in [0.2, 0.25) is 0 Å². The molecule has 3 rings (SSSR count). The second kappa shape index (κ2) is 10.0. The molecule has 2 N–H and O–H groups in total. The van der Waals surface area contributed by atoms with Gasteiger partial charge in [0.15, 0.2) is 5.11 Å². The summed E-state index contributed by atoms with van der Waals surface area (Å²) in [5.41, 5.74) is 2.83. The molecule has 6 nitrogen and oxygen atoms in total. The van der Waals surface area contributed by atoms with Crippen LogP contribution in [0.4, 0.5) is 0 Å². The third-order valence-corrected chi connectivity index (χ3v) is 5.56. The van der Waals surface area contributed by atoms with Gasteiger partial charge in [0.05, 0.1) is 19.8 Å². The molecule has 0 radical (unpaired) electrons.